The first-order valence-electron chi connectivity index (χ1n) is 9.26. The van der Waals surface area contributed by atoms with Gasteiger partial charge in [0.25, 0.3) is 5.91 Å². The number of methoxy groups -OCH3 is 1. The highest BCUT2D eigenvalue weighted by atomic mass is 32.2. The third-order valence-corrected chi connectivity index (χ3v) is 5.45. The number of carbonyl (C=O) groups is 1. The molecule has 0 radical (unpaired) electrons. The van der Waals surface area contributed by atoms with E-state index in [0.717, 1.165) is 22.6 Å². The van der Waals surface area contributed by atoms with Crippen LogP contribution in [0.5, 0.6) is 5.75 Å². The van der Waals surface area contributed by atoms with Gasteiger partial charge in [-0.05, 0) is 53.2 Å². The number of rotatable bonds is 5. The molecule has 144 valence electrons. The predicted molar refractivity (Wildman–Crippen MR) is 119 cm³/mol. The van der Waals surface area contributed by atoms with Gasteiger partial charge in [0.15, 0.2) is 5.17 Å². The molecule has 0 aliphatic carbocycles. The van der Waals surface area contributed by atoms with Gasteiger partial charge in [-0.25, -0.2) is 4.99 Å². The average Bonchev–Trinajstić information content (AvgIpc) is 3.04. The molecule has 1 saturated heterocycles. The lowest BCUT2D eigenvalue weighted by Crippen LogP contribution is -2.28. The largest absolute Gasteiger partial charge is 0.497 e. The van der Waals surface area contributed by atoms with Gasteiger partial charge < -0.3 is 4.74 Å². The molecule has 0 spiro atoms. The first-order valence-corrected chi connectivity index (χ1v) is 10.1. The summed E-state index contributed by atoms with van der Waals surface area (Å²) >= 11 is 1.40. The Morgan fingerprint density at radius 1 is 0.966 bits per heavy atom. The van der Waals surface area contributed by atoms with Crippen molar-refractivity contribution in [1.82, 2.24) is 4.90 Å². The fourth-order valence-electron chi connectivity index (χ4n) is 2.99. The van der Waals surface area contributed by atoms with Crippen molar-refractivity contribution in [1.29, 1.82) is 0 Å². The van der Waals surface area contributed by atoms with Gasteiger partial charge in [-0.1, -0.05) is 60.7 Å². The van der Waals surface area contributed by atoms with Crippen LogP contribution in [0, 0.1) is 0 Å². The normalized spacial score (nSPS) is 16.6. The minimum atomic E-state index is -0.0450. The van der Waals surface area contributed by atoms with Crippen LogP contribution in [0.1, 0.15) is 11.1 Å². The molecular weight excluding hydrogens is 380 g/mol. The maximum absolute atomic E-state index is 13.2. The maximum Gasteiger partial charge on any atom is 0.267 e. The second-order valence-electron chi connectivity index (χ2n) is 6.49. The molecular formula is C24H20N2O2S. The van der Waals surface area contributed by atoms with Crippen molar-refractivity contribution in [3.63, 3.8) is 0 Å². The van der Waals surface area contributed by atoms with Gasteiger partial charge in [-0.3, -0.25) is 9.69 Å². The molecule has 29 heavy (non-hydrogen) atoms. The number of hydrogen-bond acceptors (Lipinski definition) is 4. The number of carbonyl (C=O) groups excluding carboxylic acids is 1. The van der Waals surface area contributed by atoms with Crippen LogP contribution in [0.3, 0.4) is 0 Å². The lowest BCUT2D eigenvalue weighted by molar-refractivity contribution is -0.122. The van der Waals surface area contributed by atoms with E-state index in [1.54, 1.807) is 12.0 Å². The number of benzene rings is 3. The van der Waals surface area contributed by atoms with Gasteiger partial charge in [0.2, 0.25) is 0 Å². The number of nitrogens with zero attached hydrogens (tertiary/aromatic N) is 2. The fraction of sp³-hybridized carbons (Fsp3) is 0.0833. The van der Waals surface area contributed by atoms with E-state index in [9.17, 15) is 4.79 Å². The number of para-hydroxylation sites is 1. The van der Waals surface area contributed by atoms with E-state index in [2.05, 4.69) is 0 Å². The van der Waals surface area contributed by atoms with E-state index in [-0.39, 0.29) is 5.91 Å². The van der Waals surface area contributed by atoms with E-state index in [1.165, 1.54) is 11.8 Å². The smallest absolute Gasteiger partial charge is 0.267 e. The Bertz CT molecular complexity index is 1060. The van der Waals surface area contributed by atoms with Gasteiger partial charge in [-0.2, -0.15) is 0 Å². The van der Waals surface area contributed by atoms with Crippen LogP contribution in [0.15, 0.2) is 94.8 Å². The molecule has 5 heteroatoms. The second-order valence-corrected chi connectivity index (χ2v) is 7.50. The van der Waals surface area contributed by atoms with Gasteiger partial charge in [0.1, 0.15) is 5.75 Å². The van der Waals surface area contributed by atoms with E-state index in [4.69, 9.17) is 9.73 Å². The molecule has 1 amide bonds. The zero-order valence-electron chi connectivity index (χ0n) is 16.0. The van der Waals surface area contributed by atoms with Gasteiger partial charge in [0, 0.05) is 0 Å². The van der Waals surface area contributed by atoms with Gasteiger partial charge in [-0.15, -0.1) is 0 Å². The minimum Gasteiger partial charge on any atom is -0.497 e. The van der Waals surface area contributed by atoms with E-state index in [0.29, 0.717) is 16.6 Å². The first kappa shape index (κ1) is 19.0. The topological polar surface area (TPSA) is 41.9 Å². The van der Waals surface area contributed by atoms with Crippen LogP contribution in [0.2, 0.25) is 0 Å². The highest BCUT2D eigenvalue weighted by Gasteiger charge is 2.33. The summed E-state index contributed by atoms with van der Waals surface area (Å²) in [6.45, 7) is 0.480. The molecule has 0 atom stereocenters. The van der Waals surface area contributed by atoms with Gasteiger partial charge in [0.05, 0.1) is 24.2 Å². The summed E-state index contributed by atoms with van der Waals surface area (Å²) in [7, 11) is 1.63. The second kappa shape index (κ2) is 8.80. The maximum atomic E-state index is 13.2. The van der Waals surface area contributed by atoms with Crippen molar-refractivity contribution in [3.05, 3.63) is 101 Å². The van der Waals surface area contributed by atoms with Crippen LogP contribution in [0.4, 0.5) is 5.69 Å². The number of thioether (sulfide) groups is 1. The quantitative estimate of drug-likeness (QED) is 0.531. The zero-order chi connectivity index (χ0) is 20.1. The summed E-state index contributed by atoms with van der Waals surface area (Å²) in [5.41, 5.74) is 2.80. The van der Waals surface area contributed by atoms with Crippen LogP contribution in [-0.2, 0) is 11.3 Å². The van der Waals surface area contributed by atoms with Crippen LogP contribution in [0.25, 0.3) is 6.08 Å². The summed E-state index contributed by atoms with van der Waals surface area (Å²) in [5.74, 6) is 0.713. The van der Waals surface area contributed by atoms with Crippen molar-refractivity contribution in [2.24, 2.45) is 4.99 Å². The van der Waals surface area contributed by atoms with Crippen molar-refractivity contribution >= 4 is 34.6 Å². The van der Waals surface area contributed by atoms with E-state index < -0.39 is 0 Å². The minimum absolute atomic E-state index is 0.0450. The lowest BCUT2D eigenvalue weighted by atomic mass is 10.2. The zero-order valence-corrected chi connectivity index (χ0v) is 16.8. The molecule has 1 heterocycles. The third kappa shape index (κ3) is 4.58. The standard InChI is InChI=1S/C24H20N2O2S/c1-28-21-14-8-11-19(15-21)16-22-23(27)26(17-18-9-4-2-5-10-18)24(29-22)25-20-12-6-3-7-13-20/h2-16H,17H2,1H3/b22-16-,25-24?. The highest BCUT2D eigenvalue weighted by Crippen LogP contribution is 2.35. The van der Waals surface area contributed by atoms with Crippen LogP contribution >= 0.6 is 11.8 Å². The van der Waals surface area contributed by atoms with Crippen molar-refractivity contribution in [3.8, 4) is 5.75 Å². The summed E-state index contributed by atoms with van der Waals surface area (Å²) < 4.78 is 5.29. The molecule has 4 rings (SSSR count). The lowest BCUT2D eigenvalue weighted by Gasteiger charge is -2.15. The van der Waals surface area contributed by atoms with Crippen molar-refractivity contribution in [2.45, 2.75) is 6.54 Å². The van der Waals surface area contributed by atoms with E-state index >= 15 is 0 Å². The molecule has 0 bridgehead atoms. The SMILES string of the molecule is COc1cccc(/C=C2\SC(=Nc3ccccc3)N(Cc3ccccc3)C2=O)c1. The molecule has 0 unspecified atom stereocenters. The average molecular weight is 401 g/mol. The summed E-state index contributed by atoms with van der Waals surface area (Å²) in [5, 5.41) is 0.680. The highest BCUT2D eigenvalue weighted by molar-refractivity contribution is 8.18. The summed E-state index contributed by atoms with van der Waals surface area (Å²) in [6, 6.07) is 27.3. The molecule has 1 aliphatic rings. The van der Waals surface area contributed by atoms with Crippen LogP contribution < -0.4 is 4.74 Å². The number of amides is 1. The Morgan fingerprint density at radius 2 is 1.69 bits per heavy atom. The summed E-state index contributed by atoms with van der Waals surface area (Å²) in [4.78, 5) is 20.3. The molecule has 0 N–H and O–H groups in total. The molecule has 0 saturated carbocycles. The number of aliphatic imine (C=N–C) groups is 1. The number of amidine groups is 1. The molecule has 4 nitrogen and oxygen atoms in total. The Morgan fingerprint density at radius 3 is 2.41 bits per heavy atom. The predicted octanol–water partition coefficient (Wildman–Crippen LogP) is 5.50. The summed E-state index contributed by atoms with van der Waals surface area (Å²) in [6.07, 6.45) is 1.89. The Labute approximate surface area is 174 Å². The molecule has 1 fully saturated rings. The number of ether oxygens (including phenoxy) is 1. The monoisotopic (exact) mass is 400 g/mol. The Hall–Kier alpha value is -3.31. The fourth-order valence-corrected chi connectivity index (χ4v) is 3.99. The molecule has 1 aliphatic heterocycles. The van der Waals surface area contributed by atoms with E-state index in [1.807, 2.05) is 91.0 Å². The van der Waals surface area contributed by atoms with Gasteiger partial charge >= 0.3 is 0 Å². The molecule has 0 aromatic heterocycles. The molecule has 3 aromatic rings. The Balaban J connectivity index is 1.69. The van der Waals surface area contributed by atoms with Crippen molar-refractivity contribution < 1.29 is 9.53 Å². The number of hydrogen-bond donors (Lipinski definition) is 0. The first-order chi connectivity index (χ1) is 14.2. The third-order valence-electron chi connectivity index (χ3n) is 4.44. The Kier molecular flexibility index (Phi) is 5.77. The molecule has 3 aromatic carbocycles. The van der Waals surface area contributed by atoms with Crippen LogP contribution in [-0.4, -0.2) is 23.1 Å². The van der Waals surface area contributed by atoms with Crippen molar-refractivity contribution in [2.75, 3.05) is 7.11 Å².